The molecule has 12 heavy (non-hydrogen) atoms. The fourth-order valence-electron chi connectivity index (χ4n) is 1.46. The monoisotopic (exact) mass is 203 g/mol. The Labute approximate surface area is 83.2 Å². The summed E-state index contributed by atoms with van der Waals surface area (Å²) in [6.45, 7) is 8.34. The molecule has 0 aromatic carbocycles. The Balaban J connectivity index is 3.68. The highest BCUT2D eigenvalue weighted by molar-refractivity contribution is 6.34. The van der Waals surface area contributed by atoms with Gasteiger partial charge in [0.2, 0.25) is 0 Å². The third kappa shape index (κ3) is 5.11. The van der Waals surface area contributed by atoms with Crippen LogP contribution < -0.4 is 0 Å². The molecule has 1 unspecified atom stereocenters. The Morgan fingerprint density at radius 3 is 2.50 bits per heavy atom. The maximum Gasteiger partial charge on any atom is 0.0950 e. The molecular formula is C9H25NSi2. The van der Waals surface area contributed by atoms with Gasteiger partial charge < -0.3 is 4.57 Å². The van der Waals surface area contributed by atoms with Crippen molar-refractivity contribution in [3.05, 3.63) is 0 Å². The van der Waals surface area contributed by atoms with E-state index >= 15 is 0 Å². The van der Waals surface area contributed by atoms with Gasteiger partial charge in [-0.15, -0.1) is 0 Å². The van der Waals surface area contributed by atoms with E-state index < -0.39 is 0 Å². The molecule has 74 valence electrons. The summed E-state index contributed by atoms with van der Waals surface area (Å²) in [6, 6.07) is 3.92. The van der Waals surface area contributed by atoms with Gasteiger partial charge in [0.1, 0.15) is 0 Å². The summed E-state index contributed by atoms with van der Waals surface area (Å²) in [5.74, 6) is 0. The molecule has 0 saturated heterocycles. The highest BCUT2D eigenvalue weighted by Gasteiger charge is 2.09. The highest BCUT2D eigenvalue weighted by Crippen LogP contribution is 2.04. The van der Waals surface area contributed by atoms with Crippen molar-refractivity contribution < 1.29 is 0 Å². The maximum absolute atomic E-state index is 2.78. The molecule has 0 rings (SSSR count). The quantitative estimate of drug-likeness (QED) is 0.553. The summed E-state index contributed by atoms with van der Waals surface area (Å²) in [5.41, 5.74) is 0. The molecule has 0 aromatic heterocycles. The van der Waals surface area contributed by atoms with Crippen molar-refractivity contribution in [2.45, 2.75) is 51.7 Å². The molecule has 0 saturated carbocycles. The lowest BCUT2D eigenvalue weighted by atomic mass is 10.2. The van der Waals surface area contributed by atoms with Crippen molar-refractivity contribution in [2.75, 3.05) is 6.54 Å². The first-order valence-corrected chi connectivity index (χ1v) is 8.54. The van der Waals surface area contributed by atoms with E-state index in [1.54, 1.807) is 6.04 Å². The van der Waals surface area contributed by atoms with Crippen LogP contribution in [0.3, 0.4) is 0 Å². The lowest BCUT2D eigenvalue weighted by molar-refractivity contribution is 0.341. The molecule has 0 amide bonds. The van der Waals surface area contributed by atoms with Crippen molar-refractivity contribution in [2.24, 2.45) is 0 Å². The van der Waals surface area contributed by atoms with Crippen LogP contribution in [0.4, 0.5) is 0 Å². The van der Waals surface area contributed by atoms with E-state index in [9.17, 15) is 0 Å². The normalized spacial score (nSPS) is 15.0. The van der Waals surface area contributed by atoms with Crippen LogP contribution in [0.15, 0.2) is 0 Å². The molecule has 0 N–H and O–H groups in total. The fraction of sp³-hybridized carbons (Fsp3) is 1.00. The molecule has 0 aromatic rings. The highest BCUT2D eigenvalue weighted by atomic mass is 28.2. The Hall–Kier alpha value is 0.394. The lowest BCUT2D eigenvalue weighted by Gasteiger charge is -2.27. The average molecular weight is 203 g/mol. The van der Waals surface area contributed by atoms with Crippen LogP contribution in [0.2, 0.25) is 12.1 Å². The minimum absolute atomic E-state index is 0.124. The fourth-order valence-corrected chi connectivity index (χ4v) is 4.37. The van der Waals surface area contributed by atoms with Crippen molar-refractivity contribution in [1.82, 2.24) is 4.57 Å². The van der Waals surface area contributed by atoms with E-state index in [1.807, 2.05) is 0 Å². The lowest BCUT2D eigenvalue weighted by Crippen LogP contribution is -2.36. The largest absolute Gasteiger partial charge is 0.327 e. The number of nitrogens with zero attached hydrogens (tertiary/aromatic N) is 1. The number of hydrogen-bond donors (Lipinski definition) is 0. The smallest absolute Gasteiger partial charge is 0.0950 e. The molecule has 0 radical (unpaired) electrons. The second-order valence-corrected chi connectivity index (χ2v) is 6.61. The zero-order valence-electron chi connectivity index (χ0n) is 9.27. The van der Waals surface area contributed by atoms with E-state index in [-0.39, 0.29) is 9.68 Å². The molecule has 0 aliphatic rings. The molecular weight excluding hydrogens is 178 g/mol. The first-order chi connectivity index (χ1) is 5.76. The van der Waals surface area contributed by atoms with Crippen LogP contribution in [0.1, 0.15) is 33.6 Å². The molecule has 3 heteroatoms. The van der Waals surface area contributed by atoms with E-state index in [1.165, 1.54) is 35.7 Å². The van der Waals surface area contributed by atoms with Gasteiger partial charge in [-0.25, -0.2) is 0 Å². The van der Waals surface area contributed by atoms with Gasteiger partial charge in [-0.1, -0.05) is 32.9 Å². The third-order valence-electron chi connectivity index (χ3n) is 2.52. The van der Waals surface area contributed by atoms with E-state index in [2.05, 4.69) is 25.3 Å². The SMILES string of the molecule is CCCN([SiH2]CC[SiH3])C(C)CC. The van der Waals surface area contributed by atoms with Gasteiger partial charge in [0, 0.05) is 10.2 Å². The second kappa shape index (κ2) is 8.01. The summed E-state index contributed by atoms with van der Waals surface area (Å²) >= 11 is 0. The topological polar surface area (TPSA) is 3.24 Å². The number of rotatable bonds is 7. The summed E-state index contributed by atoms with van der Waals surface area (Å²) in [7, 11) is 1.53. The molecule has 0 fully saturated rings. The minimum Gasteiger partial charge on any atom is -0.327 e. The van der Waals surface area contributed by atoms with Gasteiger partial charge in [0.15, 0.2) is 0 Å². The molecule has 0 heterocycles. The molecule has 1 atom stereocenters. The van der Waals surface area contributed by atoms with Crippen LogP contribution in [0.25, 0.3) is 0 Å². The Kier molecular flexibility index (Phi) is 8.28. The van der Waals surface area contributed by atoms with Crippen LogP contribution >= 0.6 is 0 Å². The van der Waals surface area contributed by atoms with Crippen LogP contribution in [0, 0.1) is 0 Å². The zero-order chi connectivity index (χ0) is 9.40. The van der Waals surface area contributed by atoms with Gasteiger partial charge in [0.25, 0.3) is 0 Å². The first kappa shape index (κ1) is 12.4. The van der Waals surface area contributed by atoms with Crippen molar-refractivity contribution >= 4 is 19.9 Å². The standard InChI is InChI=1S/C9H25NSi2/c1-4-6-10(9(3)5-2)12-8-7-11/h9H,4-8,12H2,1-3,11H3. The molecule has 1 nitrogen and oxygen atoms in total. The van der Waals surface area contributed by atoms with E-state index in [0.29, 0.717) is 0 Å². The molecule has 0 spiro atoms. The summed E-state index contributed by atoms with van der Waals surface area (Å²) < 4.78 is 2.78. The van der Waals surface area contributed by atoms with Crippen molar-refractivity contribution in [3.63, 3.8) is 0 Å². The Bertz CT molecular complexity index is 98.5. The van der Waals surface area contributed by atoms with Gasteiger partial charge in [-0.2, -0.15) is 0 Å². The predicted octanol–water partition coefficient (Wildman–Crippen LogP) is 0.783. The average Bonchev–Trinajstić information content (AvgIpc) is 2.11. The van der Waals surface area contributed by atoms with Crippen LogP contribution in [0.5, 0.6) is 0 Å². The van der Waals surface area contributed by atoms with E-state index in [0.717, 1.165) is 6.04 Å². The maximum atomic E-state index is 2.78. The van der Waals surface area contributed by atoms with Crippen LogP contribution in [-0.4, -0.2) is 37.1 Å². The van der Waals surface area contributed by atoms with Gasteiger partial charge in [-0.05, 0) is 25.4 Å². The second-order valence-electron chi connectivity index (χ2n) is 3.65. The summed E-state index contributed by atoms with van der Waals surface area (Å²) in [6.07, 6.45) is 2.66. The zero-order valence-corrected chi connectivity index (χ0v) is 12.7. The number of hydrogen-bond acceptors (Lipinski definition) is 1. The van der Waals surface area contributed by atoms with Crippen LogP contribution in [-0.2, 0) is 0 Å². The summed E-state index contributed by atoms with van der Waals surface area (Å²) in [4.78, 5) is 0. The van der Waals surface area contributed by atoms with E-state index in [4.69, 9.17) is 0 Å². The van der Waals surface area contributed by atoms with Gasteiger partial charge >= 0.3 is 0 Å². The van der Waals surface area contributed by atoms with Gasteiger partial charge in [-0.3, -0.25) is 0 Å². The predicted molar refractivity (Wildman–Crippen MR) is 64.8 cm³/mol. The molecule has 0 aliphatic heterocycles. The van der Waals surface area contributed by atoms with Crippen molar-refractivity contribution in [1.29, 1.82) is 0 Å². The summed E-state index contributed by atoms with van der Waals surface area (Å²) in [5, 5.41) is 0. The Morgan fingerprint density at radius 1 is 1.42 bits per heavy atom. The Morgan fingerprint density at radius 2 is 2.08 bits per heavy atom. The third-order valence-corrected chi connectivity index (χ3v) is 7.18. The first-order valence-electron chi connectivity index (χ1n) is 5.50. The van der Waals surface area contributed by atoms with Crippen molar-refractivity contribution in [3.8, 4) is 0 Å². The van der Waals surface area contributed by atoms with Gasteiger partial charge in [0.05, 0.1) is 9.68 Å². The molecule has 0 bridgehead atoms. The molecule has 0 aliphatic carbocycles. The minimum atomic E-state index is 0.124.